The number of nitrogens with zero attached hydrogens (tertiary/aromatic N) is 1. The minimum Gasteiger partial charge on any atom is -0.492 e. The predicted octanol–water partition coefficient (Wildman–Crippen LogP) is 3.01. The Kier molecular flexibility index (Phi) is 8.57. The predicted molar refractivity (Wildman–Crippen MR) is 129 cm³/mol. The molecule has 0 spiro atoms. The Morgan fingerprint density at radius 3 is 2.53 bits per heavy atom. The topological polar surface area (TPSA) is 139 Å². The lowest BCUT2D eigenvalue weighted by atomic mass is 10.3. The number of furan rings is 1. The number of benzene rings is 2. The van der Waals surface area contributed by atoms with E-state index < -0.39 is 21.8 Å². The molecule has 12 heteroatoms. The van der Waals surface area contributed by atoms with Crippen LogP contribution in [0.4, 0.5) is 5.69 Å². The van der Waals surface area contributed by atoms with Crippen LogP contribution in [0.2, 0.25) is 0 Å². The van der Waals surface area contributed by atoms with Gasteiger partial charge >= 0.3 is 11.8 Å². The zero-order valence-corrected chi connectivity index (χ0v) is 20.4. The molecule has 0 fully saturated rings. The van der Waals surface area contributed by atoms with Crippen molar-refractivity contribution >= 4 is 49.7 Å². The first-order valence-corrected chi connectivity index (χ1v) is 12.3. The molecule has 1 aromatic heterocycles. The van der Waals surface area contributed by atoms with Gasteiger partial charge in [-0.1, -0.05) is 28.1 Å². The van der Waals surface area contributed by atoms with Gasteiger partial charge < -0.3 is 14.5 Å². The van der Waals surface area contributed by atoms with E-state index in [0.717, 1.165) is 4.47 Å². The molecule has 0 radical (unpaired) electrons. The first-order chi connectivity index (χ1) is 16.3. The van der Waals surface area contributed by atoms with Gasteiger partial charge in [-0.05, 0) is 55.5 Å². The molecule has 0 aliphatic heterocycles. The summed E-state index contributed by atoms with van der Waals surface area (Å²) in [6.07, 6.45) is 1.19. The van der Waals surface area contributed by atoms with E-state index in [1.807, 2.05) is 0 Å². The largest absolute Gasteiger partial charge is 0.492 e. The average Bonchev–Trinajstić information content (AvgIpc) is 3.27. The highest BCUT2D eigenvalue weighted by molar-refractivity contribution is 9.10. The fourth-order valence-corrected chi connectivity index (χ4v) is 3.92. The Labute approximate surface area is 204 Å². The van der Waals surface area contributed by atoms with Crippen molar-refractivity contribution in [3.63, 3.8) is 0 Å². The molecule has 10 nitrogen and oxygen atoms in total. The summed E-state index contributed by atoms with van der Waals surface area (Å²) < 4.78 is 38.7. The molecule has 1 heterocycles. The van der Waals surface area contributed by atoms with Crippen molar-refractivity contribution in [2.75, 3.05) is 11.9 Å². The monoisotopic (exact) mass is 548 g/mol. The van der Waals surface area contributed by atoms with Gasteiger partial charge in [0.05, 0.1) is 29.9 Å². The van der Waals surface area contributed by atoms with E-state index in [1.165, 1.54) is 24.4 Å². The van der Waals surface area contributed by atoms with Crippen molar-refractivity contribution < 1.29 is 27.2 Å². The molecule has 0 aliphatic rings. The molecule has 0 bridgehead atoms. The van der Waals surface area contributed by atoms with E-state index in [9.17, 15) is 18.0 Å². The third kappa shape index (κ3) is 7.01. The zero-order chi connectivity index (χ0) is 24.6. The highest BCUT2D eigenvalue weighted by Crippen LogP contribution is 2.23. The molecule has 0 atom stereocenters. The van der Waals surface area contributed by atoms with Gasteiger partial charge in [-0.15, -0.1) is 0 Å². The maximum Gasteiger partial charge on any atom is 0.329 e. The zero-order valence-electron chi connectivity index (χ0n) is 17.9. The number of ether oxygens (including phenoxy) is 1. The van der Waals surface area contributed by atoms with E-state index in [0.29, 0.717) is 23.8 Å². The standard InChI is InChI=1S/C22H21BrN4O6S/c1-2-32-20-6-4-3-5-19(20)26-21(28)22(29)27-24-13-16-9-10-17(33-16)14-25-34(30,31)18-11-7-15(23)8-12-18/h3-13,25H,2,14H2,1H3,(H,26,28)(H,27,29)/b24-13+. The van der Waals surface area contributed by atoms with Crippen molar-refractivity contribution in [1.29, 1.82) is 0 Å². The van der Waals surface area contributed by atoms with Crippen molar-refractivity contribution in [1.82, 2.24) is 10.1 Å². The normalized spacial score (nSPS) is 11.4. The maximum absolute atomic E-state index is 12.3. The number of halogens is 1. The highest BCUT2D eigenvalue weighted by atomic mass is 79.9. The molecule has 178 valence electrons. The number of carbonyl (C=O) groups excluding carboxylic acids is 2. The lowest BCUT2D eigenvalue weighted by molar-refractivity contribution is -0.136. The van der Waals surface area contributed by atoms with Crippen molar-refractivity contribution in [3.8, 4) is 5.75 Å². The van der Waals surface area contributed by atoms with Crippen LogP contribution in [0, 0.1) is 0 Å². The smallest absolute Gasteiger partial charge is 0.329 e. The fraction of sp³-hybridized carbons (Fsp3) is 0.136. The number of hydrogen-bond acceptors (Lipinski definition) is 7. The van der Waals surface area contributed by atoms with Crippen LogP contribution >= 0.6 is 15.9 Å². The molecule has 0 saturated carbocycles. The summed E-state index contributed by atoms with van der Waals surface area (Å²) >= 11 is 3.26. The van der Waals surface area contributed by atoms with Crippen LogP contribution in [0.15, 0.2) is 79.6 Å². The van der Waals surface area contributed by atoms with Gasteiger partial charge in [0.25, 0.3) is 0 Å². The van der Waals surface area contributed by atoms with E-state index in [-0.39, 0.29) is 17.2 Å². The van der Waals surface area contributed by atoms with E-state index in [2.05, 4.69) is 36.5 Å². The lowest BCUT2D eigenvalue weighted by Gasteiger charge is -2.10. The Morgan fingerprint density at radius 1 is 1.06 bits per heavy atom. The molecule has 0 saturated heterocycles. The van der Waals surface area contributed by atoms with Crippen LogP contribution in [-0.4, -0.2) is 33.1 Å². The second kappa shape index (κ2) is 11.6. The first kappa shape index (κ1) is 25.1. The third-order valence-electron chi connectivity index (χ3n) is 4.24. The second-order valence-corrected chi connectivity index (χ2v) is 9.35. The number of amides is 2. The van der Waals surface area contributed by atoms with Gasteiger partial charge in [-0.2, -0.15) is 5.10 Å². The Morgan fingerprint density at radius 2 is 1.79 bits per heavy atom. The molecular formula is C22H21BrN4O6S. The summed E-state index contributed by atoms with van der Waals surface area (Å²) in [6, 6.07) is 16.0. The Balaban J connectivity index is 1.51. The van der Waals surface area contributed by atoms with Gasteiger partial charge in [0.1, 0.15) is 17.3 Å². The molecule has 2 aromatic carbocycles. The van der Waals surface area contributed by atoms with Crippen molar-refractivity contribution in [3.05, 3.63) is 76.7 Å². The van der Waals surface area contributed by atoms with Crippen LogP contribution in [0.3, 0.4) is 0 Å². The molecule has 3 aromatic rings. The molecule has 34 heavy (non-hydrogen) atoms. The molecule has 3 N–H and O–H groups in total. The van der Waals surface area contributed by atoms with Crippen LogP contribution in [-0.2, 0) is 26.2 Å². The molecule has 3 rings (SSSR count). The minimum atomic E-state index is -3.71. The first-order valence-electron chi connectivity index (χ1n) is 9.98. The van der Waals surface area contributed by atoms with Gasteiger partial charge in [0, 0.05) is 4.47 Å². The van der Waals surface area contributed by atoms with Crippen molar-refractivity contribution in [2.24, 2.45) is 5.10 Å². The summed E-state index contributed by atoms with van der Waals surface area (Å²) in [5.74, 6) is -0.893. The fourth-order valence-electron chi connectivity index (χ4n) is 2.66. The highest BCUT2D eigenvalue weighted by Gasteiger charge is 2.16. The number of rotatable bonds is 9. The summed E-state index contributed by atoms with van der Waals surface area (Å²) in [4.78, 5) is 24.2. The summed E-state index contributed by atoms with van der Waals surface area (Å²) in [6.45, 7) is 2.12. The number of nitrogens with one attached hydrogen (secondary N) is 3. The molecule has 0 unspecified atom stereocenters. The maximum atomic E-state index is 12.3. The number of sulfonamides is 1. The second-order valence-electron chi connectivity index (χ2n) is 6.66. The number of anilines is 1. The van der Waals surface area contributed by atoms with Crippen LogP contribution in [0.1, 0.15) is 18.4 Å². The van der Waals surface area contributed by atoms with E-state index in [4.69, 9.17) is 9.15 Å². The van der Waals surface area contributed by atoms with Gasteiger partial charge in [0.15, 0.2) is 0 Å². The summed E-state index contributed by atoms with van der Waals surface area (Å²) in [7, 11) is -3.71. The minimum absolute atomic E-state index is 0.0831. The molecular weight excluding hydrogens is 528 g/mol. The quantitative estimate of drug-likeness (QED) is 0.213. The van der Waals surface area contributed by atoms with Crippen molar-refractivity contribution in [2.45, 2.75) is 18.4 Å². The Hall–Kier alpha value is -3.48. The number of carbonyl (C=O) groups is 2. The van der Waals surface area contributed by atoms with Gasteiger partial charge in [-0.3, -0.25) is 9.59 Å². The number of para-hydroxylation sites is 2. The van der Waals surface area contributed by atoms with E-state index >= 15 is 0 Å². The van der Waals surface area contributed by atoms with Crippen LogP contribution < -0.4 is 20.2 Å². The number of hydrazone groups is 1. The van der Waals surface area contributed by atoms with Crippen LogP contribution in [0.5, 0.6) is 5.75 Å². The Bertz CT molecular complexity index is 1290. The van der Waals surface area contributed by atoms with Gasteiger partial charge in [-0.25, -0.2) is 18.6 Å². The summed E-state index contributed by atoms with van der Waals surface area (Å²) in [5.41, 5.74) is 2.45. The number of hydrogen-bond donors (Lipinski definition) is 3. The lowest BCUT2D eigenvalue weighted by Crippen LogP contribution is -2.32. The molecule has 0 aliphatic carbocycles. The van der Waals surface area contributed by atoms with E-state index in [1.54, 1.807) is 49.4 Å². The third-order valence-corrected chi connectivity index (χ3v) is 6.19. The van der Waals surface area contributed by atoms with Gasteiger partial charge in [0.2, 0.25) is 10.0 Å². The summed E-state index contributed by atoms with van der Waals surface area (Å²) in [5, 5.41) is 6.14. The average molecular weight is 549 g/mol. The SMILES string of the molecule is CCOc1ccccc1NC(=O)C(=O)N/N=C/c1ccc(CNS(=O)(=O)c2ccc(Br)cc2)o1. The molecule has 2 amide bonds. The van der Waals surface area contributed by atoms with Crippen LogP contribution in [0.25, 0.3) is 0 Å².